The van der Waals surface area contributed by atoms with Crippen molar-refractivity contribution >= 4 is 27.5 Å². The van der Waals surface area contributed by atoms with E-state index in [4.69, 9.17) is 0 Å². The fourth-order valence-corrected chi connectivity index (χ4v) is 7.07. The summed E-state index contributed by atoms with van der Waals surface area (Å²) in [5, 5.41) is 0. The molecule has 2 aliphatic rings. The fraction of sp³-hybridized carbons (Fsp3) is 0.394. The Kier molecular flexibility index (Phi) is 7.62. The predicted octanol–water partition coefficient (Wildman–Crippen LogP) is 8.40. The van der Waals surface area contributed by atoms with Crippen molar-refractivity contribution in [2.45, 2.75) is 61.9 Å². The monoisotopic (exact) mass is 593 g/mol. The highest BCUT2D eigenvalue weighted by molar-refractivity contribution is 8.23. The van der Waals surface area contributed by atoms with Crippen LogP contribution in [0.2, 0.25) is 0 Å². The molecule has 1 atom stereocenters. The summed E-state index contributed by atoms with van der Waals surface area (Å²) in [6, 6.07) is 18.4. The lowest BCUT2D eigenvalue weighted by Crippen LogP contribution is -2.33. The van der Waals surface area contributed by atoms with Crippen LogP contribution in [0.4, 0.5) is 8.78 Å². The van der Waals surface area contributed by atoms with E-state index in [9.17, 15) is 18.3 Å². The lowest BCUT2D eigenvalue weighted by atomic mass is 9.77. The summed E-state index contributed by atoms with van der Waals surface area (Å²) in [4.78, 5) is 22.3. The van der Waals surface area contributed by atoms with Crippen molar-refractivity contribution in [3.05, 3.63) is 72.0 Å². The normalized spacial score (nSPS) is 23.4. The summed E-state index contributed by atoms with van der Waals surface area (Å²) in [7, 11) is -2.86. The molecule has 42 heavy (non-hydrogen) atoms. The highest BCUT2D eigenvalue weighted by Gasteiger charge is 2.36. The number of nitrogens with zero attached hydrogens (tertiary/aromatic N) is 2. The van der Waals surface area contributed by atoms with E-state index in [1.54, 1.807) is 36.1 Å². The first-order chi connectivity index (χ1) is 19.9. The zero-order chi connectivity index (χ0) is 29.6. The van der Waals surface area contributed by atoms with Gasteiger partial charge in [-0.3, -0.25) is 13.9 Å². The largest absolute Gasteiger partial charge is 0.339 e. The minimum Gasteiger partial charge on any atom is -0.339 e. The van der Waals surface area contributed by atoms with Crippen molar-refractivity contribution in [1.29, 1.82) is 0 Å². The quantitative estimate of drug-likeness (QED) is 0.209. The third kappa shape index (κ3) is 6.09. The van der Waals surface area contributed by atoms with E-state index in [1.165, 1.54) is 17.9 Å². The predicted molar refractivity (Wildman–Crippen MR) is 164 cm³/mol. The van der Waals surface area contributed by atoms with E-state index in [-0.39, 0.29) is 12.5 Å². The molecule has 4 aromatic rings. The van der Waals surface area contributed by atoms with Gasteiger partial charge in [0.05, 0.1) is 28.0 Å². The second-order valence-corrected chi connectivity index (χ2v) is 14.5. The maximum atomic E-state index is 15.3. The van der Waals surface area contributed by atoms with Crippen molar-refractivity contribution in [3.8, 4) is 22.5 Å². The van der Waals surface area contributed by atoms with Gasteiger partial charge in [0.1, 0.15) is 17.3 Å². The van der Waals surface area contributed by atoms with Crippen LogP contribution >= 0.6 is 10.6 Å². The standard InChI is InChI=1S/C33H37F2N3O3S/c1-33(35)15-16-38(20-33)31(39)17-21-3-5-22(6-4-21)23-7-9-24(10-8-23)25-11-13-27(28(34)18-25)32-36-29-14-12-26(42(2,40)41)19-30(29)37-32/h7-14,18-19,21-22,40-41H,3-6,15-17,20H2,1-2H3,(H,36,37). The van der Waals surface area contributed by atoms with Gasteiger partial charge in [-0.25, -0.2) is 13.8 Å². The Balaban J connectivity index is 1.08. The topological polar surface area (TPSA) is 89.5 Å². The Bertz CT molecular complexity index is 1610. The Morgan fingerprint density at radius 2 is 1.76 bits per heavy atom. The number of amides is 1. The summed E-state index contributed by atoms with van der Waals surface area (Å²) in [5.41, 5.74) is 3.28. The number of aromatic nitrogens is 2. The lowest BCUT2D eigenvalue weighted by Gasteiger charge is -2.29. The van der Waals surface area contributed by atoms with Crippen LogP contribution in [0.25, 0.3) is 33.5 Å². The van der Waals surface area contributed by atoms with Crippen LogP contribution in [-0.2, 0) is 4.79 Å². The van der Waals surface area contributed by atoms with E-state index in [1.807, 2.05) is 18.2 Å². The molecule has 0 radical (unpaired) electrons. The van der Waals surface area contributed by atoms with Crippen molar-refractivity contribution in [2.75, 3.05) is 19.3 Å². The van der Waals surface area contributed by atoms with Crippen LogP contribution in [0.3, 0.4) is 0 Å². The van der Waals surface area contributed by atoms with Crippen LogP contribution in [-0.4, -0.2) is 54.9 Å². The maximum absolute atomic E-state index is 15.3. The third-order valence-electron chi connectivity index (χ3n) is 8.93. The summed E-state index contributed by atoms with van der Waals surface area (Å²) in [5.74, 6) is 0.880. The molecule has 2 fully saturated rings. The Morgan fingerprint density at radius 1 is 1.05 bits per heavy atom. The fourth-order valence-electron chi connectivity index (χ4n) is 6.40. The Labute approximate surface area is 246 Å². The van der Waals surface area contributed by atoms with Crippen LogP contribution in [0.5, 0.6) is 0 Å². The second kappa shape index (κ2) is 11.1. The minimum absolute atomic E-state index is 0.0914. The molecule has 0 spiro atoms. The molecule has 1 saturated carbocycles. The number of aromatic amines is 1. The van der Waals surface area contributed by atoms with Crippen molar-refractivity contribution in [3.63, 3.8) is 0 Å². The lowest BCUT2D eigenvalue weighted by molar-refractivity contribution is -0.131. The number of hydrogen-bond acceptors (Lipinski definition) is 4. The number of halogens is 2. The molecule has 1 aliphatic heterocycles. The van der Waals surface area contributed by atoms with Crippen LogP contribution in [0.15, 0.2) is 65.6 Å². The molecular formula is C33H37F2N3O3S. The van der Waals surface area contributed by atoms with Gasteiger partial charge < -0.3 is 9.88 Å². The van der Waals surface area contributed by atoms with Crippen molar-refractivity contribution < 1.29 is 22.7 Å². The Hall–Kier alpha value is -3.27. The summed E-state index contributed by atoms with van der Waals surface area (Å²) in [6.45, 7) is 2.32. The molecule has 1 amide bonds. The molecule has 9 heteroatoms. The van der Waals surface area contributed by atoms with Crippen molar-refractivity contribution in [2.24, 2.45) is 5.92 Å². The van der Waals surface area contributed by atoms with Gasteiger partial charge >= 0.3 is 0 Å². The summed E-state index contributed by atoms with van der Waals surface area (Å²) in [6.07, 6.45) is 6.36. The van der Waals surface area contributed by atoms with E-state index >= 15 is 4.39 Å². The number of carbonyl (C=O) groups is 1. The van der Waals surface area contributed by atoms with Crippen LogP contribution in [0, 0.1) is 11.7 Å². The number of rotatable bonds is 6. The van der Waals surface area contributed by atoms with Gasteiger partial charge in [-0.1, -0.05) is 30.3 Å². The first-order valence-electron chi connectivity index (χ1n) is 14.6. The average Bonchev–Trinajstić information content (AvgIpc) is 3.55. The van der Waals surface area contributed by atoms with E-state index in [2.05, 4.69) is 22.1 Å². The molecule has 222 valence electrons. The number of carbonyl (C=O) groups excluding carboxylic acids is 1. The first-order valence-corrected chi connectivity index (χ1v) is 16.5. The van der Waals surface area contributed by atoms with E-state index in [0.717, 1.165) is 36.8 Å². The zero-order valence-electron chi connectivity index (χ0n) is 23.9. The minimum atomic E-state index is -2.86. The smallest absolute Gasteiger partial charge is 0.222 e. The molecule has 1 aliphatic carbocycles. The number of nitrogens with one attached hydrogen (secondary N) is 1. The van der Waals surface area contributed by atoms with Gasteiger partial charge in [0.2, 0.25) is 5.91 Å². The van der Waals surface area contributed by atoms with E-state index < -0.39 is 22.1 Å². The van der Waals surface area contributed by atoms with Gasteiger partial charge in [0.15, 0.2) is 0 Å². The van der Waals surface area contributed by atoms with Gasteiger partial charge in [-0.2, -0.15) is 10.6 Å². The number of H-pyrrole nitrogens is 1. The number of fused-ring (bicyclic) bond motifs is 1. The Morgan fingerprint density at radius 3 is 2.40 bits per heavy atom. The maximum Gasteiger partial charge on any atom is 0.222 e. The molecular weight excluding hydrogens is 556 g/mol. The number of likely N-dealkylation sites (tertiary alicyclic amines) is 1. The first kappa shape index (κ1) is 28.8. The van der Waals surface area contributed by atoms with Gasteiger partial charge in [0, 0.05) is 25.6 Å². The molecule has 3 aromatic carbocycles. The SMILES string of the molecule is CC1(F)CCN(C(=O)CC2CCC(c3ccc(-c4ccc(-c5nc6ccc(S(C)(O)O)cc6[nH]5)c(F)c4)cc3)CC2)C1. The molecule has 1 saturated heterocycles. The molecule has 6 nitrogen and oxygen atoms in total. The van der Waals surface area contributed by atoms with Gasteiger partial charge in [0.25, 0.3) is 0 Å². The third-order valence-corrected chi connectivity index (χ3v) is 10.1. The zero-order valence-corrected chi connectivity index (χ0v) is 24.8. The molecule has 1 aromatic heterocycles. The number of imidazole rings is 1. The van der Waals surface area contributed by atoms with E-state index in [0.29, 0.717) is 58.5 Å². The van der Waals surface area contributed by atoms with Crippen LogP contribution < -0.4 is 0 Å². The van der Waals surface area contributed by atoms with Crippen LogP contribution in [0.1, 0.15) is 56.9 Å². The molecule has 1 unspecified atom stereocenters. The number of hydrogen-bond donors (Lipinski definition) is 3. The second-order valence-electron chi connectivity index (χ2n) is 12.3. The number of alkyl halides is 1. The summed E-state index contributed by atoms with van der Waals surface area (Å²) < 4.78 is 49.3. The highest BCUT2D eigenvalue weighted by Crippen LogP contribution is 2.45. The van der Waals surface area contributed by atoms with Gasteiger partial charge in [-0.15, -0.1) is 0 Å². The molecule has 6 rings (SSSR count). The highest BCUT2D eigenvalue weighted by atomic mass is 32.3. The van der Waals surface area contributed by atoms with Gasteiger partial charge in [-0.05, 0) is 91.5 Å². The molecule has 0 bridgehead atoms. The summed E-state index contributed by atoms with van der Waals surface area (Å²) >= 11 is 0. The molecule has 3 N–H and O–H groups in total. The average molecular weight is 594 g/mol. The molecule has 2 heterocycles. The van der Waals surface area contributed by atoms with Crippen molar-refractivity contribution in [1.82, 2.24) is 14.9 Å². The number of benzene rings is 3.